The topological polar surface area (TPSA) is 52.3 Å². The molecule has 1 unspecified atom stereocenters. The summed E-state index contributed by atoms with van der Waals surface area (Å²) >= 11 is 0. The summed E-state index contributed by atoms with van der Waals surface area (Å²) in [5.41, 5.74) is 5.67. The fourth-order valence-corrected chi connectivity index (χ4v) is 0.792. The van der Waals surface area contributed by atoms with Crippen LogP contribution in [0.25, 0.3) is 0 Å². The molecule has 3 heteroatoms. The Kier molecular flexibility index (Phi) is 3.07. The van der Waals surface area contributed by atoms with Gasteiger partial charge >= 0.3 is 5.97 Å². The molecule has 0 aliphatic heterocycles. The molecule has 0 bridgehead atoms. The Balaban J connectivity index is 2.66. The molecule has 0 heterocycles. The van der Waals surface area contributed by atoms with E-state index in [4.69, 9.17) is 12.2 Å². The zero-order chi connectivity index (χ0) is 9.68. The molecular formula is C10H9NO2. The van der Waals surface area contributed by atoms with Crippen LogP contribution < -0.4 is 5.73 Å². The molecule has 0 spiro atoms. The predicted molar refractivity (Wildman–Crippen MR) is 48.7 cm³/mol. The second-order valence-corrected chi connectivity index (χ2v) is 2.36. The van der Waals surface area contributed by atoms with Gasteiger partial charge in [0.2, 0.25) is 6.23 Å². The predicted octanol–water partition coefficient (Wildman–Crippen LogP) is 0.761. The lowest BCUT2D eigenvalue weighted by Gasteiger charge is -2.06. The van der Waals surface area contributed by atoms with Gasteiger partial charge in [-0.1, -0.05) is 18.2 Å². The first-order valence-corrected chi connectivity index (χ1v) is 3.72. The molecule has 0 saturated carbocycles. The minimum absolute atomic E-state index is 0.438. The van der Waals surface area contributed by atoms with Gasteiger partial charge in [0, 0.05) is 0 Å². The van der Waals surface area contributed by atoms with Gasteiger partial charge < -0.3 is 4.74 Å². The highest BCUT2D eigenvalue weighted by molar-refractivity contribution is 5.89. The SMILES string of the molecule is C#CC(N)OC(=O)c1ccccc1. The minimum atomic E-state index is -0.979. The molecule has 1 atom stereocenters. The third kappa shape index (κ3) is 2.62. The van der Waals surface area contributed by atoms with E-state index in [-0.39, 0.29) is 0 Å². The summed E-state index contributed by atoms with van der Waals surface area (Å²) in [7, 11) is 0. The Bertz CT molecular complexity index is 327. The van der Waals surface area contributed by atoms with E-state index in [9.17, 15) is 4.79 Å². The summed E-state index contributed by atoms with van der Waals surface area (Å²) in [4.78, 5) is 11.2. The van der Waals surface area contributed by atoms with E-state index in [1.54, 1.807) is 30.3 Å². The monoisotopic (exact) mass is 175 g/mol. The van der Waals surface area contributed by atoms with Gasteiger partial charge in [-0.15, -0.1) is 6.42 Å². The second kappa shape index (κ2) is 4.29. The number of esters is 1. The van der Waals surface area contributed by atoms with Crippen molar-refractivity contribution in [2.24, 2.45) is 5.73 Å². The van der Waals surface area contributed by atoms with E-state index < -0.39 is 12.2 Å². The summed E-state index contributed by atoms with van der Waals surface area (Å²) in [6, 6.07) is 8.53. The maximum absolute atomic E-state index is 11.2. The van der Waals surface area contributed by atoms with E-state index in [1.807, 2.05) is 0 Å². The Morgan fingerprint density at radius 2 is 2.08 bits per heavy atom. The first-order valence-electron chi connectivity index (χ1n) is 3.72. The molecule has 0 aromatic heterocycles. The van der Waals surface area contributed by atoms with E-state index >= 15 is 0 Å². The molecule has 1 aromatic rings. The Hall–Kier alpha value is -1.79. The molecule has 1 rings (SSSR count). The number of rotatable bonds is 2. The average molecular weight is 175 g/mol. The van der Waals surface area contributed by atoms with Crippen molar-refractivity contribution in [2.45, 2.75) is 6.23 Å². The smallest absolute Gasteiger partial charge is 0.340 e. The molecule has 0 aliphatic carbocycles. The number of benzene rings is 1. The van der Waals surface area contributed by atoms with Crippen LogP contribution in [-0.4, -0.2) is 12.2 Å². The zero-order valence-corrected chi connectivity index (χ0v) is 6.94. The molecule has 1 aromatic carbocycles. The zero-order valence-electron chi connectivity index (χ0n) is 6.94. The van der Waals surface area contributed by atoms with Crippen molar-refractivity contribution >= 4 is 5.97 Å². The quantitative estimate of drug-likeness (QED) is 0.410. The number of terminal acetylenes is 1. The van der Waals surface area contributed by atoms with Crippen LogP contribution in [0, 0.1) is 12.3 Å². The number of ether oxygens (including phenoxy) is 1. The molecule has 2 N–H and O–H groups in total. The van der Waals surface area contributed by atoms with Gasteiger partial charge in [-0.25, -0.2) is 4.79 Å². The lowest BCUT2D eigenvalue weighted by molar-refractivity contribution is 0.0421. The van der Waals surface area contributed by atoms with E-state index in [1.165, 1.54) is 0 Å². The lowest BCUT2D eigenvalue weighted by Crippen LogP contribution is -2.25. The molecule has 0 amide bonds. The molecule has 0 aliphatic rings. The molecule has 13 heavy (non-hydrogen) atoms. The summed E-state index contributed by atoms with van der Waals surface area (Å²) < 4.78 is 4.69. The fourth-order valence-electron chi connectivity index (χ4n) is 0.792. The number of hydrogen-bond donors (Lipinski definition) is 1. The Morgan fingerprint density at radius 3 is 2.62 bits per heavy atom. The van der Waals surface area contributed by atoms with Crippen molar-refractivity contribution in [3.63, 3.8) is 0 Å². The highest BCUT2D eigenvalue weighted by Crippen LogP contribution is 2.01. The van der Waals surface area contributed by atoms with Gasteiger partial charge in [0.15, 0.2) is 0 Å². The van der Waals surface area contributed by atoms with Gasteiger partial charge in [0.25, 0.3) is 0 Å². The number of carbonyl (C=O) groups excluding carboxylic acids is 1. The van der Waals surface area contributed by atoms with Gasteiger partial charge in [-0.2, -0.15) is 0 Å². The van der Waals surface area contributed by atoms with Crippen molar-refractivity contribution in [1.29, 1.82) is 0 Å². The van der Waals surface area contributed by atoms with Gasteiger partial charge in [-0.3, -0.25) is 5.73 Å². The van der Waals surface area contributed by atoms with Crippen molar-refractivity contribution in [3.8, 4) is 12.3 Å². The third-order valence-corrected chi connectivity index (χ3v) is 1.41. The first-order chi connectivity index (χ1) is 6.24. The maximum Gasteiger partial charge on any atom is 0.340 e. The third-order valence-electron chi connectivity index (χ3n) is 1.41. The van der Waals surface area contributed by atoms with Crippen molar-refractivity contribution < 1.29 is 9.53 Å². The van der Waals surface area contributed by atoms with Gasteiger partial charge in [0.05, 0.1) is 5.56 Å². The molecule has 3 nitrogen and oxygen atoms in total. The fraction of sp³-hybridized carbons (Fsp3) is 0.100. The van der Waals surface area contributed by atoms with Crippen LogP contribution in [0.3, 0.4) is 0 Å². The van der Waals surface area contributed by atoms with Crippen molar-refractivity contribution in [3.05, 3.63) is 35.9 Å². The standard InChI is InChI=1S/C10H9NO2/c1-2-9(11)13-10(12)8-6-4-3-5-7-8/h1,3-7,9H,11H2. The highest BCUT2D eigenvalue weighted by Gasteiger charge is 2.08. The normalized spacial score (nSPS) is 11.4. The van der Waals surface area contributed by atoms with Crippen LogP contribution in [0.2, 0.25) is 0 Å². The second-order valence-electron chi connectivity index (χ2n) is 2.36. The average Bonchev–Trinajstić information content (AvgIpc) is 2.19. The first kappa shape index (κ1) is 9.30. The summed E-state index contributed by atoms with van der Waals surface area (Å²) in [5, 5.41) is 0. The molecular weight excluding hydrogens is 166 g/mol. The highest BCUT2D eigenvalue weighted by atomic mass is 16.6. The number of hydrogen-bond acceptors (Lipinski definition) is 3. The van der Waals surface area contributed by atoms with Crippen LogP contribution in [0.15, 0.2) is 30.3 Å². The summed E-state index contributed by atoms with van der Waals surface area (Å²) in [6.07, 6.45) is 3.97. The van der Waals surface area contributed by atoms with Crippen LogP contribution in [0.4, 0.5) is 0 Å². The lowest BCUT2D eigenvalue weighted by atomic mass is 10.2. The van der Waals surface area contributed by atoms with Crippen LogP contribution in [-0.2, 0) is 4.74 Å². The molecule has 0 saturated heterocycles. The van der Waals surface area contributed by atoms with Crippen LogP contribution >= 0.6 is 0 Å². The summed E-state index contributed by atoms with van der Waals surface area (Å²) in [5.74, 6) is 1.59. The van der Waals surface area contributed by atoms with Crippen molar-refractivity contribution in [1.82, 2.24) is 0 Å². The van der Waals surface area contributed by atoms with Crippen LogP contribution in [0.5, 0.6) is 0 Å². The van der Waals surface area contributed by atoms with E-state index in [2.05, 4.69) is 10.7 Å². The van der Waals surface area contributed by atoms with E-state index in [0.29, 0.717) is 5.56 Å². The van der Waals surface area contributed by atoms with E-state index in [0.717, 1.165) is 0 Å². The number of nitrogens with two attached hydrogens (primary N) is 1. The van der Waals surface area contributed by atoms with Gasteiger partial charge in [0.1, 0.15) is 0 Å². The minimum Gasteiger partial charge on any atom is -0.432 e. The van der Waals surface area contributed by atoms with Gasteiger partial charge in [-0.05, 0) is 18.1 Å². The molecule has 66 valence electrons. The largest absolute Gasteiger partial charge is 0.432 e. The van der Waals surface area contributed by atoms with Crippen molar-refractivity contribution in [2.75, 3.05) is 0 Å². The summed E-state index contributed by atoms with van der Waals surface area (Å²) in [6.45, 7) is 0. The molecule has 0 fully saturated rings. The molecule has 0 radical (unpaired) electrons. The Labute approximate surface area is 76.5 Å². The number of carbonyl (C=O) groups is 1. The van der Waals surface area contributed by atoms with Crippen LogP contribution in [0.1, 0.15) is 10.4 Å². The maximum atomic E-state index is 11.2. The Morgan fingerprint density at radius 1 is 1.46 bits per heavy atom.